The molecule has 2 heterocycles. The fourth-order valence-corrected chi connectivity index (χ4v) is 4.01. The minimum Gasteiger partial charge on any atom is -0.481 e. The molecule has 0 aliphatic carbocycles. The highest BCUT2D eigenvalue weighted by atomic mass is 32.1. The van der Waals surface area contributed by atoms with Gasteiger partial charge in [-0.05, 0) is 17.0 Å². The number of aliphatic carboxylic acids is 1. The first kappa shape index (κ1) is 15.0. The summed E-state index contributed by atoms with van der Waals surface area (Å²) in [5.74, 6) is -4.18. The van der Waals surface area contributed by atoms with Gasteiger partial charge in [-0.25, -0.2) is 18.2 Å². The van der Waals surface area contributed by atoms with Crippen LogP contribution in [-0.4, -0.2) is 16.1 Å². The van der Waals surface area contributed by atoms with Gasteiger partial charge in [-0.1, -0.05) is 0 Å². The molecule has 8 heteroatoms. The molecule has 0 radical (unpaired) electrons. The molecule has 0 fully saturated rings. The van der Waals surface area contributed by atoms with E-state index in [-0.39, 0.29) is 16.6 Å². The van der Waals surface area contributed by atoms with Gasteiger partial charge < -0.3 is 5.11 Å². The van der Waals surface area contributed by atoms with Gasteiger partial charge in [0.2, 0.25) is 0 Å². The molecular formula is C14H8F3NO2S2. The van der Waals surface area contributed by atoms with Crippen LogP contribution < -0.4 is 0 Å². The second-order valence-corrected chi connectivity index (χ2v) is 6.69. The first-order chi connectivity index (χ1) is 10.4. The average molecular weight is 343 g/mol. The molecule has 0 bridgehead atoms. The summed E-state index contributed by atoms with van der Waals surface area (Å²) in [4.78, 5) is 15.4. The molecule has 3 rings (SSSR count). The van der Waals surface area contributed by atoms with Crippen molar-refractivity contribution in [1.82, 2.24) is 4.98 Å². The molecule has 3 nitrogen and oxygen atoms in total. The topological polar surface area (TPSA) is 50.2 Å². The molecule has 0 saturated heterocycles. The van der Waals surface area contributed by atoms with E-state index in [4.69, 9.17) is 5.11 Å². The summed E-state index contributed by atoms with van der Waals surface area (Å²) in [6, 6.07) is 2.23. The van der Waals surface area contributed by atoms with Gasteiger partial charge in [0, 0.05) is 17.4 Å². The fourth-order valence-electron chi connectivity index (χ4n) is 2.04. The Hall–Kier alpha value is -1.93. The van der Waals surface area contributed by atoms with Crippen LogP contribution in [0.15, 0.2) is 17.5 Å². The maximum atomic E-state index is 13.6. The number of halogens is 3. The average Bonchev–Trinajstić information content (AvgIpc) is 3.03. The van der Waals surface area contributed by atoms with Crippen molar-refractivity contribution < 1.29 is 23.1 Å². The maximum absolute atomic E-state index is 13.6. The van der Waals surface area contributed by atoms with Crippen molar-refractivity contribution in [3.63, 3.8) is 0 Å². The molecule has 22 heavy (non-hydrogen) atoms. The van der Waals surface area contributed by atoms with E-state index in [1.54, 1.807) is 11.4 Å². The summed E-state index contributed by atoms with van der Waals surface area (Å²) < 4.78 is 40.4. The zero-order valence-corrected chi connectivity index (χ0v) is 12.5. The zero-order valence-electron chi connectivity index (χ0n) is 10.9. The third-order valence-electron chi connectivity index (χ3n) is 2.95. The normalized spacial score (nSPS) is 11.2. The molecule has 3 aromatic rings. The Morgan fingerprint density at radius 3 is 2.73 bits per heavy atom. The van der Waals surface area contributed by atoms with E-state index < -0.39 is 23.4 Å². The minimum absolute atomic E-state index is 0.0174. The van der Waals surface area contributed by atoms with Gasteiger partial charge in [-0.2, -0.15) is 0 Å². The number of benzene rings is 1. The van der Waals surface area contributed by atoms with E-state index in [9.17, 15) is 18.0 Å². The Morgan fingerprint density at radius 1 is 1.23 bits per heavy atom. The van der Waals surface area contributed by atoms with Crippen molar-refractivity contribution in [2.24, 2.45) is 0 Å². The maximum Gasteiger partial charge on any atom is 0.307 e. The number of nitrogens with zero attached hydrogens (tertiary/aromatic N) is 1. The number of carboxylic acid groups (broad SMARTS) is 1. The van der Waals surface area contributed by atoms with Crippen molar-refractivity contribution >= 4 is 38.9 Å². The molecule has 0 saturated carbocycles. The predicted octanol–water partition coefficient (Wildman–Crippen LogP) is 3.99. The summed E-state index contributed by atoms with van der Waals surface area (Å²) in [5, 5.41) is 10.9. The van der Waals surface area contributed by atoms with E-state index in [0.29, 0.717) is 23.1 Å². The van der Waals surface area contributed by atoms with E-state index in [1.165, 1.54) is 11.3 Å². The zero-order chi connectivity index (χ0) is 15.9. The first-order valence-electron chi connectivity index (χ1n) is 6.15. The summed E-state index contributed by atoms with van der Waals surface area (Å²) in [6.07, 6.45) is 0.245. The highest BCUT2D eigenvalue weighted by molar-refractivity contribution is 7.18. The summed E-state index contributed by atoms with van der Waals surface area (Å²) in [5.41, 5.74) is 0.358. The lowest BCUT2D eigenvalue weighted by Gasteiger charge is -1.94. The second kappa shape index (κ2) is 5.69. The Balaban J connectivity index is 1.91. The quantitative estimate of drug-likeness (QED) is 0.729. The number of fused-ring (bicyclic) bond motifs is 1. The smallest absolute Gasteiger partial charge is 0.307 e. The molecule has 114 valence electrons. The van der Waals surface area contributed by atoms with E-state index in [0.717, 1.165) is 16.2 Å². The van der Waals surface area contributed by atoms with Crippen LogP contribution in [0.3, 0.4) is 0 Å². The molecule has 2 aromatic heterocycles. The van der Waals surface area contributed by atoms with Gasteiger partial charge in [-0.15, -0.1) is 22.7 Å². The van der Waals surface area contributed by atoms with Crippen molar-refractivity contribution in [2.45, 2.75) is 12.8 Å². The number of carboxylic acids is 1. The molecule has 0 atom stereocenters. The van der Waals surface area contributed by atoms with Gasteiger partial charge in [0.15, 0.2) is 11.6 Å². The Morgan fingerprint density at radius 2 is 2.00 bits per heavy atom. The SMILES string of the molecule is O=C(O)Cc1csc(Cc2nc3c(F)c(F)cc(F)c3s2)c1. The largest absolute Gasteiger partial charge is 0.481 e. The van der Waals surface area contributed by atoms with Crippen molar-refractivity contribution in [3.8, 4) is 0 Å². The number of thiophene rings is 1. The van der Waals surface area contributed by atoms with Crippen molar-refractivity contribution in [2.75, 3.05) is 0 Å². The molecule has 0 amide bonds. The number of thiazole rings is 1. The highest BCUT2D eigenvalue weighted by Gasteiger charge is 2.17. The van der Waals surface area contributed by atoms with Gasteiger partial charge in [-0.3, -0.25) is 4.79 Å². The standard InChI is InChI=1S/C14H8F3NO2S2/c15-8-4-9(16)14-13(12(8)17)18-10(22-14)3-7-1-6(5-21-7)2-11(19)20/h1,4-5H,2-3H2,(H,19,20). The van der Waals surface area contributed by atoms with Crippen LogP contribution in [0.1, 0.15) is 15.4 Å². The Labute approximate surface area is 130 Å². The highest BCUT2D eigenvalue weighted by Crippen LogP contribution is 2.30. The first-order valence-corrected chi connectivity index (χ1v) is 7.84. The summed E-state index contributed by atoms with van der Waals surface area (Å²) >= 11 is 2.31. The molecule has 1 N–H and O–H groups in total. The number of aromatic nitrogens is 1. The number of hydrogen-bond donors (Lipinski definition) is 1. The van der Waals surface area contributed by atoms with Crippen LogP contribution >= 0.6 is 22.7 Å². The molecule has 0 aliphatic rings. The van der Waals surface area contributed by atoms with Crippen LogP contribution in [0, 0.1) is 17.5 Å². The van der Waals surface area contributed by atoms with Gasteiger partial charge in [0.25, 0.3) is 0 Å². The summed E-state index contributed by atoms with van der Waals surface area (Å²) in [7, 11) is 0. The van der Waals surface area contributed by atoms with Gasteiger partial charge in [0.1, 0.15) is 11.3 Å². The number of rotatable bonds is 4. The molecule has 0 spiro atoms. The third kappa shape index (κ3) is 2.84. The fraction of sp³-hybridized carbons (Fsp3) is 0.143. The molecule has 0 aliphatic heterocycles. The van der Waals surface area contributed by atoms with Crippen LogP contribution in [0.2, 0.25) is 0 Å². The van der Waals surface area contributed by atoms with E-state index in [2.05, 4.69) is 4.98 Å². The van der Waals surface area contributed by atoms with Gasteiger partial charge in [0.05, 0.1) is 16.1 Å². The predicted molar refractivity (Wildman–Crippen MR) is 78.0 cm³/mol. The van der Waals surface area contributed by atoms with Gasteiger partial charge >= 0.3 is 5.97 Å². The van der Waals surface area contributed by atoms with Crippen LogP contribution in [-0.2, 0) is 17.6 Å². The van der Waals surface area contributed by atoms with Crippen LogP contribution in [0.4, 0.5) is 13.2 Å². The lowest BCUT2D eigenvalue weighted by molar-refractivity contribution is -0.136. The minimum atomic E-state index is -1.26. The Bertz CT molecular complexity index is 872. The van der Waals surface area contributed by atoms with Crippen molar-refractivity contribution in [3.05, 3.63) is 50.4 Å². The van der Waals surface area contributed by atoms with E-state index >= 15 is 0 Å². The monoisotopic (exact) mass is 343 g/mol. The van der Waals surface area contributed by atoms with Crippen LogP contribution in [0.25, 0.3) is 10.2 Å². The Kier molecular flexibility index (Phi) is 3.88. The second-order valence-electron chi connectivity index (χ2n) is 4.61. The summed E-state index contributed by atoms with van der Waals surface area (Å²) in [6.45, 7) is 0. The lowest BCUT2D eigenvalue weighted by Crippen LogP contribution is -1.98. The number of hydrogen-bond acceptors (Lipinski definition) is 4. The third-order valence-corrected chi connectivity index (χ3v) is 5.00. The molecule has 0 unspecified atom stereocenters. The molecule has 1 aromatic carbocycles. The van der Waals surface area contributed by atoms with Crippen molar-refractivity contribution in [1.29, 1.82) is 0 Å². The lowest BCUT2D eigenvalue weighted by atomic mass is 10.2. The van der Waals surface area contributed by atoms with Crippen LogP contribution in [0.5, 0.6) is 0 Å². The number of carbonyl (C=O) groups is 1. The van der Waals surface area contributed by atoms with E-state index in [1.807, 2.05) is 0 Å². The molecular weight excluding hydrogens is 335 g/mol.